The number of hydrogen-bond donors (Lipinski definition) is 3. The summed E-state index contributed by atoms with van der Waals surface area (Å²) in [6.45, 7) is 0.233. The molecule has 3 rings (SSSR count). The van der Waals surface area contributed by atoms with Gasteiger partial charge in [0.25, 0.3) is 0 Å². The van der Waals surface area contributed by atoms with E-state index >= 15 is 0 Å². The Bertz CT molecular complexity index is 831. The van der Waals surface area contributed by atoms with Gasteiger partial charge in [0.1, 0.15) is 17.7 Å². The second-order valence-corrected chi connectivity index (χ2v) is 8.24. The van der Waals surface area contributed by atoms with Gasteiger partial charge in [-0.3, -0.25) is 4.79 Å². The smallest absolute Gasteiger partial charge is 0.321 e. The van der Waals surface area contributed by atoms with Crippen LogP contribution in [0.2, 0.25) is 0 Å². The van der Waals surface area contributed by atoms with Gasteiger partial charge in [0.05, 0.1) is 17.9 Å². The van der Waals surface area contributed by atoms with Crippen molar-refractivity contribution in [3.8, 4) is 0 Å². The number of hydrogen-bond acceptors (Lipinski definition) is 6. The zero-order valence-corrected chi connectivity index (χ0v) is 15.3. The Morgan fingerprint density at radius 1 is 1.46 bits per heavy atom. The van der Waals surface area contributed by atoms with Crippen LogP contribution in [0.4, 0.5) is 8.78 Å². The molecule has 0 spiro atoms. The van der Waals surface area contributed by atoms with E-state index in [0.29, 0.717) is 29.1 Å². The normalized spacial score (nSPS) is 17.3. The Morgan fingerprint density at radius 2 is 2.23 bits per heavy atom. The topological polar surface area (TPSA) is 107 Å². The largest absolute Gasteiger partial charge is 0.480 e. The molecule has 1 aliphatic rings. The minimum absolute atomic E-state index is 0.204. The predicted octanol–water partition coefficient (Wildman–Crippen LogP) is 2.31. The van der Waals surface area contributed by atoms with E-state index in [0.717, 1.165) is 11.8 Å². The van der Waals surface area contributed by atoms with Gasteiger partial charge in [0, 0.05) is 18.4 Å². The molecule has 2 atom stereocenters. The third-order valence-corrected chi connectivity index (χ3v) is 6.55. The fourth-order valence-electron chi connectivity index (χ4n) is 3.04. The predicted molar refractivity (Wildman–Crippen MR) is 96.9 cm³/mol. The van der Waals surface area contributed by atoms with Crippen LogP contribution in [0.3, 0.4) is 0 Å². The van der Waals surface area contributed by atoms with Crippen molar-refractivity contribution >= 4 is 27.6 Å². The number of carbonyl (C=O) groups is 1. The lowest BCUT2D eigenvalue weighted by atomic mass is 10.1. The van der Waals surface area contributed by atoms with Gasteiger partial charge >= 0.3 is 5.97 Å². The highest BCUT2D eigenvalue weighted by molar-refractivity contribution is 8.76. The number of nitrogens with zero attached hydrogens (tertiary/aromatic N) is 2. The van der Waals surface area contributed by atoms with Crippen LogP contribution in [0.1, 0.15) is 29.3 Å². The highest BCUT2D eigenvalue weighted by Gasteiger charge is 2.30. The highest BCUT2D eigenvalue weighted by Crippen LogP contribution is 2.41. The molecule has 26 heavy (non-hydrogen) atoms. The molecule has 140 valence electrons. The number of halogens is 2. The third-order valence-electron chi connectivity index (χ3n) is 4.28. The quantitative estimate of drug-likeness (QED) is 0.612. The van der Waals surface area contributed by atoms with Crippen LogP contribution < -0.4 is 11.5 Å². The summed E-state index contributed by atoms with van der Waals surface area (Å²) in [6, 6.07) is 1.03. The molecule has 1 heterocycles. The molecule has 0 fully saturated rings. The molecule has 1 aromatic heterocycles. The molecule has 6 nitrogen and oxygen atoms in total. The highest BCUT2D eigenvalue weighted by atomic mass is 33.1. The summed E-state index contributed by atoms with van der Waals surface area (Å²) in [4.78, 5) is 15.2. The Balaban J connectivity index is 1.87. The fourth-order valence-corrected chi connectivity index (χ4v) is 5.26. The summed E-state index contributed by atoms with van der Waals surface area (Å²) >= 11 is 0. The summed E-state index contributed by atoms with van der Waals surface area (Å²) in [6.07, 6.45) is 2.76. The SMILES string of the molecule is NCc1cnc(SSC[C@H](N)C(=O)O)n1C1CCc2c(F)cc(F)cc21. The van der Waals surface area contributed by atoms with E-state index in [1.54, 1.807) is 6.20 Å². The molecule has 10 heteroatoms. The molecule has 0 radical (unpaired) electrons. The third kappa shape index (κ3) is 3.73. The molecule has 5 N–H and O–H groups in total. The van der Waals surface area contributed by atoms with Crippen LogP contribution in [-0.2, 0) is 17.8 Å². The fraction of sp³-hybridized carbons (Fsp3) is 0.375. The number of aromatic nitrogens is 2. The van der Waals surface area contributed by atoms with E-state index in [1.165, 1.54) is 27.7 Å². The maximum absolute atomic E-state index is 14.0. The lowest BCUT2D eigenvalue weighted by Gasteiger charge is -2.19. The summed E-state index contributed by atoms with van der Waals surface area (Å²) in [5.74, 6) is -2.01. The summed E-state index contributed by atoms with van der Waals surface area (Å²) in [5.41, 5.74) is 13.2. The Kier molecular flexibility index (Phi) is 5.86. The summed E-state index contributed by atoms with van der Waals surface area (Å²) < 4.78 is 29.7. The van der Waals surface area contributed by atoms with Crippen LogP contribution in [-0.4, -0.2) is 32.4 Å². The maximum Gasteiger partial charge on any atom is 0.321 e. The first kappa shape index (κ1) is 19.2. The Labute approximate surface area is 156 Å². The zero-order chi connectivity index (χ0) is 18.8. The molecule has 1 aromatic carbocycles. The number of imidazole rings is 1. The van der Waals surface area contributed by atoms with Crippen LogP contribution in [0.25, 0.3) is 0 Å². The summed E-state index contributed by atoms with van der Waals surface area (Å²) in [5, 5.41) is 9.46. The van der Waals surface area contributed by atoms with Crippen LogP contribution in [0, 0.1) is 11.6 Å². The van der Waals surface area contributed by atoms with Gasteiger partial charge in [0.15, 0.2) is 5.16 Å². The van der Waals surface area contributed by atoms with Gasteiger partial charge in [-0.25, -0.2) is 13.8 Å². The van der Waals surface area contributed by atoms with Crippen molar-refractivity contribution in [1.82, 2.24) is 9.55 Å². The zero-order valence-electron chi connectivity index (χ0n) is 13.7. The number of fused-ring (bicyclic) bond motifs is 1. The van der Waals surface area contributed by atoms with Crippen molar-refractivity contribution in [3.05, 3.63) is 46.8 Å². The summed E-state index contributed by atoms with van der Waals surface area (Å²) in [7, 11) is 2.55. The van der Waals surface area contributed by atoms with Crippen molar-refractivity contribution in [2.75, 3.05) is 5.75 Å². The molecule has 1 aliphatic carbocycles. The maximum atomic E-state index is 14.0. The average molecular weight is 400 g/mol. The lowest BCUT2D eigenvalue weighted by molar-refractivity contribution is -0.137. The molecule has 0 amide bonds. The molecule has 0 bridgehead atoms. The van der Waals surface area contributed by atoms with Gasteiger partial charge in [-0.15, -0.1) is 0 Å². The van der Waals surface area contributed by atoms with Crippen molar-refractivity contribution in [2.24, 2.45) is 11.5 Å². The van der Waals surface area contributed by atoms with E-state index in [-0.39, 0.29) is 18.3 Å². The van der Waals surface area contributed by atoms with Crippen molar-refractivity contribution < 1.29 is 18.7 Å². The first-order valence-corrected chi connectivity index (χ1v) is 10.3. The number of rotatable bonds is 7. The van der Waals surface area contributed by atoms with E-state index in [9.17, 15) is 13.6 Å². The number of benzene rings is 1. The van der Waals surface area contributed by atoms with Gasteiger partial charge in [0.2, 0.25) is 0 Å². The van der Waals surface area contributed by atoms with E-state index in [2.05, 4.69) is 4.98 Å². The lowest BCUT2D eigenvalue weighted by Crippen LogP contribution is -2.32. The van der Waals surface area contributed by atoms with Gasteiger partial charge < -0.3 is 21.1 Å². The second-order valence-electron chi connectivity index (χ2n) is 5.93. The number of carboxylic acids is 1. The minimum atomic E-state index is -1.07. The molecule has 2 aromatic rings. The van der Waals surface area contributed by atoms with Gasteiger partial charge in [-0.05, 0) is 40.8 Å². The Morgan fingerprint density at radius 3 is 2.92 bits per heavy atom. The van der Waals surface area contributed by atoms with Gasteiger partial charge in [-0.1, -0.05) is 10.8 Å². The first-order valence-electron chi connectivity index (χ1n) is 7.94. The molecule has 0 saturated heterocycles. The van der Waals surface area contributed by atoms with E-state index < -0.39 is 23.6 Å². The Hall–Kier alpha value is -1.62. The van der Waals surface area contributed by atoms with Crippen LogP contribution >= 0.6 is 21.6 Å². The van der Waals surface area contributed by atoms with E-state index in [4.69, 9.17) is 16.6 Å². The molecule has 0 saturated carbocycles. The van der Waals surface area contributed by atoms with Crippen LogP contribution in [0.5, 0.6) is 0 Å². The van der Waals surface area contributed by atoms with Crippen molar-refractivity contribution in [3.63, 3.8) is 0 Å². The molecule has 1 unspecified atom stereocenters. The molecular weight excluding hydrogens is 382 g/mol. The molecule has 0 aliphatic heterocycles. The van der Waals surface area contributed by atoms with Crippen molar-refractivity contribution in [2.45, 2.75) is 36.6 Å². The monoisotopic (exact) mass is 400 g/mol. The van der Waals surface area contributed by atoms with Crippen LogP contribution in [0.15, 0.2) is 23.5 Å². The van der Waals surface area contributed by atoms with E-state index in [1.807, 2.05) is 4.57 Å². The number of aliphatic carboxylic acids is 1. The standard InChI is InChI=1S/C16H18F2N4O2S2/c17-8-3-11-10(12(18)4-8)1-2-14(11)22-9(5-19)6-21-16(22)26-25-7-13(20)15(23)24/h3-4,6,13-14H,1-2,5,7,19-20H2,(H,23,24)/t13-,14?/m0/s1. The average Bonchev–Trinajstić information content (AvgIpc) is 3.17. The minimum Gasteiger partial charge on any atom is -0.480 e. The number of nitrogens with two attached hydrogens (primary N) is 2. The molecular formula is C16H18F2N4O2S2. The second kappa shape index (κ2) is 7.95. The number of carboxylic acid groups (broad SMARTS) is 1. The van der Waals surface area contributed by atoms with Crippen molar-refractivity contribution in [1.29, 1.82) is 0 Å². The first-order chi connectivity index (χ1) is 12.4. The van der Waals surface area contributed by atoms with Gasteiger partial charge in [-0.2, -0.15) is 0 Å².